The number of halogens is 1. The van der Waals surface area contributed by atoms with Gasteiger partial charge in [0.05, 0.1) is 5.76 Å². The second-order valence-corrected chi connectivity index (χ2v) is 2.46. The van der Waals surface area contributed by atoms with Crippen LogP contribution in [0.3, 0.4) is 0 Å². The Hall–Kier alpha value is -1.31. The van der Waals surface area contributed by atoms with Crippen LogP contribution in [-0.4, -0.2) is 0 Å². The molecule has 64 valence electrons. The highest BCUT2D eigenvalue weighted by molar-refractivity contribution is 5.23. The van der Waals surface area contributed by atoms with E-state index in [0.29, 0.717) is 5.75 Å². The van der Waals surface area contributed by atoms with Crippen molar-refractivity contribution >= 4 is 0 Å². The maximum Gasteiger partial charge on any atom is 0.127 e. The molecular formula is C10H11FO. The molecule has 0 aliphatic carbocycles. The number of benzene rings is 1. The zero-order valence-corrected chi connectivity index (χ0v) is 7.17. The highest BCUT2D eigenvalue weighted by Crippen LogP contribution is 2.13. The molecule has 0 bridgehead atoms. The van der Waals surface area contributed by atoms with Crippen LogP contribution in [0.2, 0.25) is 0 Å². The van der Waals surface area contributed by atoms with Gasteiger partial charge in [-0.1, -0.05) is 0 Å². The molecule has 0 saturated carbocycles. The first-order chi connectivity index (χ1) is 5.72. The molecule has 0 radical (unpaired) electrons. The summed E-state index contributed by atoms with van der Waals surface area (Å²) in [6, 6.07) is 5.95. The van der Waals surface area contributed by atoms with Crippen molar-refractivity contribution in [3.8, 4) is 5.75 Å². The summed E-state index contributed by atoms with van der Waals surface area (Å²) in [4.78, 5) is 0. The molecule has 0 atom stereocenters. The maximum atomic E-state index is 12.4. The Bertz CT molecular complexity index is 274. The van der Waals surface area contributed by atoms with E-state index in [-0.39, 0.29) is 5.82 Å². The largest absolute Gasteiger partial charge is 0.462 e. The molecule has 12 heavy (non-hydrogen) atoms. The van der Waals surface area contributed by atoms with Crippen molar-refractivity contribution in [1.29, 1.82) is 0 Å². The van der Waals surface area contributed by atoms with Gasteiger partial charge in [0.2, 0.25) is 0 Å². The first kappa shape index (κ1) is 8.78. The van der Waals surface area contributed by atoms with E-state index < -0.39 is 0 Å². The summed E-state index contributed by atoms with van der Waals surface area (Å²) < 4.78 is 17.7. The molecule has 0 aromatic heterocycles. The third kappa shape index (κ3) is 2.38. The van der Waals surface area contributed by atoms with Gasteiger partial charge in [-0.2, -0.15) is 0 Å². The molecule has 0 aliphatic rings. The fourth-order valence-electron chi connectivity index (χ4n) is 0.747. The molecule has 0 fully saturated rings. The Kier molecular flexibility index (Phi) is 2.86. The highest BCUT2D eigenvalue weighted by atomic mass is 19.1. The number of hydrogen-bond acceptors (Lipinski definition) is 1. The molecule has 0 N–H and O–H groups in total. The zero-order valence-electron chi connectivity index (χ0n) is 7.17. The van der Waals surface area contributed by atoms with Gasteiger partial charge in [-0.05, 0) is 44.2 Å². The Morgan fingerprint density at radius 3 is 2.42 bits per heavy atom. The monoisotopic (exact) mass is 166 g/mol. The third-order valence-corrected chi connectivity index (χ3v) is 1.50. The predicted molar refractivity (Wildman–Crippen MR) is 46.5 cm³/mol. The van der Waals surface area contributed by atoms with Crippen molar-refractivity contribution in [2.24, 2.45) is 0 Å². The van der Waals surface area contributed by atoms with Gasteiger partial charge >= 0.3 is 0 Å². The number of hydrogen-bond donors (Lipinski definition) is 0. The minimum Gasteiger partial charge on any atom is -0.462 e. The van der Waals surface area contributed by atoms with Gasteiger partial charge in [-0.25, -0.2) is 4.39 Å². The SMILES string of the molecule is C/C=C(\C)Oc1ccc(F)cc1. The fraction of sp³-hybridized carbons (Fsp3) is 0.200. The van der Waals surface area contributed by atoms with E-state index in [1.807, 2.05) is 19.9 Å². The Morgan fingerprint density at radius 2 is 1.92 bits per heavy atom. The van der Waals surface area contributed by atoms with Crippen molar-refractivity contribution in [2.75, 3.05) is 0 Å². The van der Waals surface area contributed by atoms with E-state index in [4.69, 9.17) is 4.74 Å². The average Bonchev–Trinajstić information content (AvgIpc) is 2.09. The van der Waals surface area contributed by atoms with Crippen molar-refractivity contribution in [3.63, 3.8) is 0 Å². The predicted octanol–water partition coefficient (Wildman–Crippen LogP) is 3.13. The molecule has 1 aromatic rings. The molecule has 1 rings (SSSR count). The van der Waals surface area contributed by atoms with Crippen LogP contribution < -0.4 is 4.74 Å². The molecule has 2 heteroatoms. The van der Waals surface area contributed by atoms with Gasteiger partial charge in [0, 0.05) is 0 Å². The standard InChI is InChI=1S/C10H11FO/c1-3-8(2)12-10-6-4-9(11)5-7-10/h3-7H,1-2H3/b8-3+. The first-order valence-electron chi connectivity index (χ1n) is 3.78. The van der Waals surface area contributed by atoms with Crippen LogP contribution in [0.1, 0.15) is 13.8 Å². The summed E-state index contributed by atoms with van der Waals surface area (Å²) in [7, 11) is 0. The quantitative estimate of drug-likeness (QED) is 0.613. The molecule has 0 unspecified atom stereocenters. The van der Waals surface area contributed by atoms with Gasteiger partial charge in [-0.3, -0.25) is 0 Å². The summed E-state index contributed by atoms with van der Waals surface area (Å²) in [5.41, 5.74) is 0. The number of ether oxygens (including phenoxy) is 1. The molecule has 1 nitrogen and oxygen atoms in total. The van der Waals surface area contributed by atoms with Crippen LogP contribution in [0.5, 0.6) is 5.75 Å². The minimum absolute atomic E-state index is 0.250. The van der Waals surface area contributed by atoms with Crippen LogP contribution >= 0.6 is 0 Å². The smallest absolute Gasteiger partial charge is 0.127 e. The van der Waals surface area contributed by atoms with Gasteiger partial charge in [0.1, 0.15) is 11.6 Å². The second-order valence-electron chi connectivity index (χ2n) is 2.46. The summed E-state index contributed by atoms with van der Waals surface area (Å²) >= 11 is 0. The number of rotatable bonds is 2. The fourth-order valence-corrected chi connectivity index (χ4v) is 0.747. The molecular weight excluding hydrogens is 155 g/mol. The number of allylic oxidation sites excluding steroid dienone is 2. The van der Waals surface area contributed by atoms with E-state index in [9.17, 15) is 4.39 Å². The van der Waals surface area contributed by atoms with Crippen molar-refractivity contribution in [1.82, 2.24) is 0 Å². The Labute approximate surface area is 71.5 Å². The molecule has 0 amide bonds. The van der Waals surface area contributed by atoms with E-state index in [0.717, 1.165) is 5.76 Å². The lowest BCUT2D eigenvalue weighted by atomic mass is 10.3. The molecule has 0 heterocycles. The highest BCUT2D eigenvalue weighted by Gasteiger charge is 1.94. The summed E-state index contributed by atoms with van der Waals surface area (Å²) in [6.07, 6.45) is 1.85. The second kappa shape index (κ2) is 3.90. The minimum atomic E-state index is -0.250. The normalized spacial score (nSPS) is 11.4. The summed E-state index contributed by atoms with van der Waals surface area (Å²) in [6.45, 7) is 3.74. The van der Waals surface area contributed by atoms with E-state index >= 15 is 0 Å². The first-order valence-corrected chi connectivity index (χ1v) is 3.78. The molecule has 0 saturated heterocycles. The van der Waals surface area contributed by atoms with E-state index in [1.54, 1.807) is 12.1 Å². The lowest BCUT2D eigenvalue weighted by Crippen LogP contribution is -1.89. The van der Waals surface area contributed by atoms with Crippen molar-refractivity contribution < 1.29 is 9.13 Å². The van der Waals surface area contributed by atoms with E-state index in [2.05, 4.69) is 0 Å². The van der Waals surface area contributed by atoms with Crippen LogP contribution in [0.4, 0.5) is 4.39 Å². The van der Waals surface area contributed by atoms with Crippen molar-refractivity contribution in [2.45, 2.75) is 13.8 Å². The summed E-state index contributed by atoms with van der Waals surface area (Å²) in [5.74, 6) is 1.22. The lowest BCUT2D eigenvalue weighted by molar-refractivity contribution is 0.425. The Balaban J connectivity index is 2.71. The van der Waals surface area contributed by atoms with Crippen LogP contribution in [0, 0.1) is 5.82 Å². The van der Waals surface area contributed by atoms with Gasteiger partial charge in [0.25, 0.3) is 0 Å². The zero-order chi connectivity index (χ0) is 8.97. The Morgan fingerprint density at radius 1 is 1.33 bits per heavy atom. The summed E-state index contributed by atoms with van der Waals surface area (Å²) in [5, 5.41) is 0. The van der Waals surface area contributed by atoms with Crippen LogP contribution in [-0.2, 0) is 0 Å². The average molecular weight is 166 g/mol. The van der Waals surface area contributed by atoms with Crippen molar-refractivity contribution in [3.05, 3.63) is 41.9 Å². The topological polar surface area (TPSA) is 9.23 Å². The van der Waals surface area contributed by atoms with Crippen LogP contribution in [0.25, 0.3) is 0 Å². The molecule has 1 aromatic carbocycles. The van der Waals surface area contributed by atoms with Gasteiger partial charge in [0.15, 0.2) is 0 Å². The molecule has 0 aliphatic heterocycles. The third-order valence-electron chi connectivity index (χ3n) is 1.50. The van der Waals surface area contributed by atoms with Gasteiger partial charge in [-0.15, -0.1) is 0 Å². The molecule has 0 spiro atoms. The maximum absolute atomic E-state index is 12.4. The van der Waals surface area contributed by atoms with Gasteiger partial charge < -0.3 is 4.74 Å². The lowest BCUT2D eigenvalue weighted by Gasteiger charge is -2.03. The van der Waals surface area contributed by atoms with E-state index in [1.165, 1.54) is 12.1 Å². The van der Waals surface area contributed by atoms with Crippen LogP contribution in [0.15, 0.2) is 36.1 Å².